The highest BCUT2D eigenvalue weighted by molar-refractivity contribution is 7.89. The molecule has 0 saturated carbocycles. The van der Waals surface area contributed by atoms with Crippen molar-refractivity contribution >= 4 is 16.0 Å². The number of methoxy groups -OCH3 is 1. The zero-order valence-corrected chi connectivity index (χ0v) is 11.7. The molecule has 0 aliphatic carbocycles. The van der Waals surface area contributed by atoms with Crippen LogP contribution >= 0.6 is 0 Å². The Hall–Kier alpha value is -1.44. The average molecular weight is 287 g/mol. The number of benzene rings is 1. The summed E-state index contributed by atoms with van der Waals surface area (Å²) in [5.74, 6) is -1.09. The number of ether oxygens (including phenoxy) is 1. The number of carboxylic acid groups (broad SMARTS) is 1. The second kappa shape index (κ2) is 6.65. The maximum absolute atomic E-state index is 12.3. The predicted octanol–water partition coefficient (Wildman–Crippen LogP) is 1.04. The Labute approximate surface area is 112 Å². The van der Waals surface area contributed by atoms with Crippen LogP contribution in [0.4, 0.5) is 0 Å². The van der Waals surface area contributed by atoms with Crippen LogP contribution in [0, 0.1) is 0 Å². The molecule has 0 radical (unpaired) electrons. The van der Waals surface area contributed by atoms with E-state index in [0.29, 0.717) is 13.2 Å². The standard InChI is InChI=1S/C12H17NO5S/c1-3-13(8-9-18-2)19(16,17)11-6-4-10(5-7-11)12(14)15/h4-7H,3,8-9H2,1-2H3,(H,14,15). The molecule has 7 heteroatoms. The second-order valence-electron chi connectivity index (χ2n) is 3.82. The maximum Gasteiger partial charge on any atom is 0.335 e. The lowest BCUT2D eigenvalue weighted by Crippen LogP contribution is -2.33. The SMILES string of the molecule is CCN(CCOC)S(=O)(=O)c1ccc(C(=O)O)cc1. The zero-order valence-electron chi connectivity index (χ0n) is 10.9. The Bertz CT molecular complexity index is 524. The van der Waals surface area contributed by atoms with E-state index in [0.717, 1.165) is 0 Å². The van der Waals surface area contributed by atoms with Crippen LogP contribution in [0.5, 0.6) is 0 Å². The van der Waals surface area contributed by atoms with Gasteiger partial charge in [-0.15, -0.1) is 0 Å². The summed E-state index contributed by atoms with van der Waals surface area (Å²) in [4.78, 5) is 10.8. The van der Waals surface area contributed by atoms with Crippen LogP contribution < -0.4 is 0 Å². The maximum atomic E-state index is 12.3. The van der Waals surface area contributed by atoms with Crippen molar-refractivity contribution in [2.45, 2.75) is 11.8 Å². The molecule has 0 bridgehead atoms. The Morgan fingerprint density at radius 1 is 1.32 bits per heavy atom. The van der Waals surface area contributed by atoms with Crippen LogP contribution in [0.2, 0.25) is 0 Å². The molecule has 1 aromatic rings. The minimum Gasteiger partial charge on any atom is -0.478 e. The number of carbonyl (C=O) groups is 1. The summed E-state index contributed by atoms with van der Waals surface area (Å²) in [6.45, 7) is 2.63. The minimum absolute atomic E-state index is 0.0545. The van der Waals surface area contributed by atoms with E-state index in [2.05, 4.69) is 0 Å². The van der Waals surface area contributed by atoms with Crippen molar-refractivity contribution in [2.24, 2.45) is 0 Å². The number of sulfonamides is 1. The highest BCUT2D eigenvalue weighted by Gasteiger charge is 2.22. The third kappa shape index (κ3) is 3.76. The summed E-state index contributed by atoms with van der Waals surface area (Å²) in [6.07, 6.45) is 0. The summed E-state index contributed by atoms with van der Waals surface area (Å²) >= 11 is 0. The first kappa shape index (κ1) is 15.6. The normalized spacial score (nSPS) is 11.7. The van der Waals surface area contributed by atoms with E-state index in [4.69, 9.17) is 9.84 Å². The first-order valence-electron chi connectivity index (χ1n) is 5.76. The number of carboxylic acids is 1. The monoisotopic (exact) mass is 287 g/mol. The van der Waals surface area contributed by atoms with Gasteiger partial charge < -0.3 is 9.84 Å². The molecule has 19 heavy (non-hydrogen) atoms. The first-order valence-corrected chi connectivity index (χ1v) is 7.20. The van der Waals surface area contributed by atoms with Crippen LogP contribution in [0.15, 0.2) is 29.2 Å². The van der Waals surface area contributed by atoms with Gasteiger partial charge in [0, 0.05) is 20.2 Å². The third-order valence-corrected chi connectivity index (χ3v) is 4.63. The van der Waals surface area contributed by atoms with Gasteiger partial charge in [0.15, 0.2) is 0 Å². The fourth-order valence-corrected chi connectivity index (χ4v) is 2.99. The molecule has 0 unspecified atom stereocenters. The van der Waals surface area contributed by atoms with Gasteiger partial charge in [0.2, 0.25) is 10.0 Å². The topological polar surface area (TPSA) is 83.9 Å². The van der Waals surface area contributed by atoms with Gasteiger partial charge in [-0.2, -0.15) is 4.31 Å². The Morgan fingerprint density at radius 3 is 2.32 bits per heavy atom. The minimum atomic E-state index is -3.61. The quantitative estimate of drug-likeness (QED) is 0.810. The first-order chi connectivity index (χ1) is 8.93. The third-order valence-electron chi connectivity index (χ3n) is 2.64. The molecule has 1 rings (SSSR count). The summed E-state index contributed by atoms with van der Waals surface area (Å²) in [5, 5.41) is 8.77. The Balaban J connectivity index is 3.01. The lowest BCUT2D eigenvalue weighted by molar-refractivity contribution is 0.0696. The van der Waals surface area contributed by atoms with Crippen molar-refractivity contribution in [3.05, 3.63) is 29.8 Å². The van der Waals surface area contributed by atoms with E-state index >= 15 is 0 Å². The molecule has 0 aromatic heterocycles. The van der Waals surface area contributed by atoms with E-state index in [-0.39, 0.29) is 17.0 Å². The zero-order chi connectivity index (χ0) is 14.5. The number of hydrogen-bond acceptors (Lipinski definition) is 4. The number of rotatable bonds is 7. The van der Waals surface area contributed by atoms with Crippen molar-refractivity contribution in [1.82, 2.24) is 4.31 Å². The Morgan fingerprint density at radius 2 is 1.89 bits per heavy atom. The molecule has 0 spiro atoms. The van der Waals surface area contributed by atoms with Gasteiger partial charge in [0.05, 0.1) is 17.1 Å². The summed E-state index contributed by atoms with van der Waals surface area (Å²) in [5.41, 5.74) is 0.0545. The van der Waals surface area contributed by atoms with Gasteiger partial charge in [-0.1, -0.05) is 6.92 Å². The highest BCUT2D eigenvalue weighted by Crippen LogP contribution is 2.16. The van der Waals surface area contributed by atoms with E-state index < -0.39 is 16.0 Å². The largest absolute Gasteiger partial charge is 0.478 e. The fraction of sp³-hybridized carbons (Fsp3) is 0.417. The highest BCUT2D eigenvalue weighted by atomic mass is 32.2. The van der Waals surface area contributed by atoms with Gasteiger partial charge in [-0.3, -0.25) is 0 Å². The molecule has 0 amide bonds. The molecule has 6 nitrogen and oxygen atoms in total. The van der Waals surface area contributed by atoms with E-state index in [1.165, 1.54) is 35.7 Å². The number of hydrogen-bond donors (Lipinski definition) is 1. The van der Waals surface area contributed by atoms with Crippen LogP contribution in [-0.4, -0.2) is 50.6 Å². The van der Waals surface area contributed by atoms with Gasteiger partial charge in [-0.25, -0.2) is 13.2 Å². The van der Waals surface area contributed by atoms with Gasteiger partial charge in [-0.05, 0) is 24.3 Å². The van der Waals surface area contributed by atoms with Crippen molar-refractivity contribution in [2.75, 3.05) is 26.8 Å². The predicted molar refractivity (Wildman–Crippen MR) is 69.7 cm³/mol. The van der Waals surface area contributed by atoms with Gasteiger partial charge in [0.1, 0.15) is 0 Å². The van der Waals surface area contributed by atoms with Crippen molar-refractivity contribution in [3.63, 3.8) is 0 Å². The molecule has 1 N–H and O–H groups in total. The molecule has 0 aliphatic heterocycles. The number of aromatic carboxylic acids is 1. The molecule has 0 aliphatic rings. The molecular weight excluding hydrogens is 270 g/mol. The Kier molecular flexibility index (Phi) is 5.46. The summed E-state index contributed by atoms with van der Waals surface area (Å²) < 4.78 is 30.7. The molecule has 106 valence electrons. The van der Waals surface area contributed by atoms with Crippen molar-refractivity contribution in [1.29, 1.82) is 0 Å². The molecule has 0 heterocycles. The van der Waals surface area contributed by atoms with Crippen LogP contribution in [0.25, 0.3) is 0 Å². The smallest absolute Gasteiger partial charge is 0.335 e. The molecule has 0 atom stereocenters. The lowest BCUT2D eigenvalue weighted by Gasteiger charge is -2.20. The second-order valence-corrected chi connectivity index (χ2v) is 5.76. The molecular formula is C12H17NO5S. The lowest BCUT2D eigenvalue weighted by atomic mass is 10.2. The van der Waals surface area contributed by atoms with Gasteiger partial charge >= 0.3 is 5.97 Å². The number of likely N-dealkylation sites (N-methyl/N-ethyl adjacent to an activating group) is 1. The average Bonchev–Trinajstić information content (AvgIpc) is 2.39. The van der Waals surface area contributed by atoms with E-state index in [1.807, 2.05) is 0 Å². The molecule has 0 saturated heterocycles. The van der Waals surface area contributed by atoms with Crippen molar-refractivity contribution < 1.29 is 23.1 Å². The summed E-state index contributed by atoms with van der Waals surface area (Å²) in [6, 6.07) is 5.15. The number of nitrogens with zero attached hydrogens (tertiary/aromatic N) is 1. The molecule has 0 fully saturated rings. The van der Waals surface area contributed by atoms with E-state index in [1.54, 1.807) is 6.92 Å². The van der Waals surface area contributed by atoms with E-state index in [9.17, 15) is 13.2 Å². The van der Waals surface area contributed by atoms with Crippen LogP contribution in [0.1, 0.15) is 17.3 Å². The molecule has 1 aromatic carbocycles. The van der Waals surface area contributed by atoms with Crippen molar-refractivity contribution in [3.8, 4) is 0 Å². The van der Waals surface area contributed by atoms with Gasteiger partial charge in [0.25, 0.3) is 0 Å². The summed E-state index contributed by atoms with van der Waals surface area (Å²) in [7, 11) is -2.10. The fourth-order valence-electron chi connectivity index (χ4n) is 1.56. The van der Waals surface area contributed by atoms with Crippen LogP contribution in [-0.2, 0) is 14.8 Å². The van der Waals surface area contributed by atoms with Crippen LogP contribution in [0.3, 0.4) is 0 Å².